The monoisotopic (exact) mass is 579 g/mol. The number of fused-ring (bicyclic) bond motifs is 1. The second-order valence-electron chi connectivity index (χ2n) is 8.56. The van der Waals surface area contributed by atoms with E-state index in [1.54, 1.807) is 30.3 Å². The molecule has 0 aliphatic carbocycles. The SMILES string of the molecule is COc1cc(C/C(C(=O)c2cc(OC)c(OC)c(OC)c2)=C(/C(=O)[O-])c2ccc3nsnc3c2)cc(OC)c1OC. The van der Waals surface area contributed by atoms with E-state index in [-0.39, 0.29) is 45.9 Å². The molecule has 12 heteroatoms. The number of methoxy groups -OCH3 is 6. The lowest BCUT2D eigenvalue weighted by Gasteiger charge is -2.19. The van der Waals surface area contributed by atoms with Gasteiger partial charge < -0.3 is 38.3 Å². The Hall–Kier alpha value is -4.84. The van der Waals surface area contributed by atoms with Crippen LogP contribution in [0, 0.1) is 0 Å². The highest BCUT2D eigenvalue weighted by molar-refractivity contribution is 7.00. The van der Waals surface area contributed by atoms with Crippen LogP contribution in [-0.2, 0) is 11.2 Å². The molecule has 214 valence electrons. The van der Waals surface area contributed by atoms with Crippen molar-refractivity contribution in [3.05, 3.63) is 64.7 Å². The van der Waals surface area contributed by atoms with Gasteiger partial charge in [0.25, 0.3) is 0 Å². The Morgan fingerprint density at radius 1 is 0.683 bits per heavy atom. The van der Waals surface area contributed by atoms with Crippen molar-refractivity contribution in [2.45, 2.75) is 6.42 Å². The number of rotatable bonds is 12. The molecule has 0 amide bonds. The van der Waals surface area contributed by atoms with Crippen LogP contribution in [0.2, 0.25) is 0 Å². The normalized spacial score (nSPS) is 11.5. The topological polar surface area (TPSA) is 138 Å². The Bertz CT molecular complexity index is 1590. The number of Topliss-reactive ketones (excluding diaryl/α,β-unsaturated/α-hetero) is 1. The smallest absolute Gasteiger partial charge is 0.203 e. The summed E-state index contributed by atoms with van der Waals surface area (Å²) >= 11 is 0.994. The standard InChI is InChI=1S/C29H28N2O9S/c1-35-21-10-15(11-22(36-2)27(21)39-5)9-18(25(29(33)34)16-7-8-19-20(12-16)31-41-30-19)26(32)17-13-23(37-3)28(40-6)24(14-17)38-4/h7-8,10-14H,9H2,1-6H3,(H,33,34)/p-1/b25-18-. The maximum Gasteiger partial charge on any atom is 0.203 e. The van der Waals surface area contributed by atoms with Gasteiger partial charge >= 0.3 is 0 Å². The molecule has 0 saturated heterocycles. The minimum Gasteiger partial charge on any atom is -0.545 e. The van der Waals surface area contributed by atoms with Gasteiger partial charge in [0.1, 0.15) is 11.0 Å². The number of aliphatic carboxylic acids is 1. The van der Waals surface area contributed by atoms with Gasteiger partial charge in [-0.1, -0.05) is 6.07 Å². The van der Waals surface area contributed by atoms with Crippen LogP contribution in [0.3, 0.4) is 0 Å². The van der Waals surface area contributed by atoms with E-state index in [0.717, 1.165) is 11.7 Å². The number of allylic oxidation sites excluding steroid dienone is 1. The first-order chi connectivity index (χ1) is 19.8. The number of ketones is 1. The van der Waals surface area contributed by atoms with Crippen LogP contribution in [-0.4, -0.2) is 63.2 Å². The number of hydrogen-bond acceptors (Lipinski definition) is 12. The van der Waals surface area contributed by atoms with Gasteiger partial charge in [-0.3, -0.25) is 4.79 Å². The van der Waals surface area contributed by atoms with Crippen LogP contribution < -0.4 is 33.5 Å². The molecule has 1 heterocycles. The van der Waals surface area contributed by atoms with Gasteiger partial charge in [0, 0.05) is 23.1 Å². The molecule has 0 N–H and O–H groups in total. The Morgan fingerprint density at radius 3 is 1.68 bits per heavy atom. The zero-order valence-electron chi connectivity index (χ0n) is 23.2. The molecule has 0 aliphatic rings. The van der Waals surface area contributed by atoms with E-state index in [0.29, 0.717) is 33.8 Å². The van der Waals surface area contributed by atoms with Gasteiger partial charge in [-0.05, 0) is 47.5 Å². The zero-order valence-corrected chi connectivity index (χ0v) is 24.0. The summed E-state index contributed by atoms with van der Waals surface area (Å²) in [4.78, 5) is 27.0. The van der Waals surface area contributed by atoms with Gasteiger partial charge in [-0.15, -0.1) is 0 Å². The van der Waals surface area contributed by atoms with Gasteiger partial charge in [-0.25, -0.2) is 0 Å². The van der Waals surface area contributed by atoms with Crippen molar-refractivity contribution >= 4 is 40.1 Å². The molecule has 4 aromatic rings. The lowest BCUT2D eigenvalue weighted by atomic mass is 9.89. The van der Waals surface area contributed by atoms with Crippen molar-refractivity contribution in [2.75, 3.05) is 42.7 Å². The molecular formula is C29H27N2O9S-. The Morgan fingerprint density at radius 2 is 1.20 bits per heavy atom. The Labute approximate surface area is 240 Å². The minimum absolute atomic E-state index is 0.0731. The molecule has 4 rings (SSSR count). The van der Waals surface area contributed by atoms with Crippen molar-refractivity contribution in [2.24, 2.45) is 0 Å². The zero-order chi connectivity index (χ0) is 29.7. The number of carboxylic acid groups (broad SMARTS) is 1. The molecule has 0 aliphatic heterocycles. The fourth-order valence-corrected chi connectivity index (χ4v) is 4.98. The van der Waals surface area contributed by atoms with Crippen LogP contribution in [0.25, 0.3) is 16.6 Å². The lowest BCUT2D eigenvalue weighted by molar-refractivity contribution is -0.295. The van der Waals surface area contributed by atoms with E-state index in [9.17, 15) is 14.7 Å². The van der Waals surface area contributed by atoms with Gasteiger partial charge in [0.05, 0.1) is 60.4 Å². The molecule has 0 atom stereocenters. The average Bonchev–Trinajstić information content (AvgIpc) is 3.46. The summed E-state index contributed by atoms with van der Waals surface area (Å²) in [6.45, 7) is 0. The highest BCUT2D eigenvalue weighted by Gasteiger charge is 2.25. The van der Waals surface area contributed by atoms with Crippen molar-refractivity contribution in [1.29, 1.82) is 0 Å². The van der Waals surface area contributed by atoms with Crippen LogP contribution >= 0.6 is 11.7 Å². The molecule has 11 nitrogen and oxygen atoms in total. The fraction of sp³-hybridized carbons (Fsp3) is 0.241. The number of carbonyl (C=O) groups is 2. The lowest BCUT2D eigenvalue weighted by Crippen LogP contribution is -2.27. The molecule has 0 saturated carbocycles. The van der Waals surface area contributed by atoms with E-state index >= 15 is 0 Å². The highest BCUT2D eigenvalue weighted by atomic mass is 32.1. The molecule has 0 bridgehead atoms. The Kier molecular flexibility index (Phi) is 8.93. The summed E-state index contributed by atoms with van der Waals surface area (Å²) < 4.78 is 41.0. The molecule has 0 spiro atoms. The van der Waals surface area contributed by atoms with Crippen molar-refractivity contribution < 1.29 is 43.1 Å². The third-order valence-electron chi connectivity index (χ3n) is 6.35. The molecule has 41 heavy (non-hydrogen) atoms. The summed E-state index contributed by atoms with van der Waals surface area (Å²) in [6.07, 6.45) is -0.136. The predicted molar refractivity (Wildman–Crippen MR) is 150 cm³/mol. The number of nitrogens with zero attached hydrogens (tertiary/aromatic N) is 2. The maximum absolute atomic E-state index is 14.2. The van der Waals surface area contributed by atoms with E-state index in [4.69, 9.17) is 28.4 Å². The minimum atomic E-state index is -1.55. The number of benzene rings is 3. The molecular weight excluding hydrogens is 552 g/mol. The number of hydrogen-bond donors (Lipinski definition) is 0. The van der Waals surface area contributed by atoms with Crippen LogP contribution in [0.4, 0.5) is 0 Å². The van der Waals surface area contributed by atoms with E-state index in [2.05, 4.69) is 8.75 Å². The van der Waals surface area contributed by atoms with Crippen molar-refractivity contribution in [3.63, 3.8) is 0 Å². The third-order valence-corrected chi connectivity index (χ3v) is 6.91. The summed E-state index contributed by atoms with van der Waals surface area (Å²) in [5.74, 6) is -0.382. The maximum atomic E-state index is 14.2. The van der Waals surface area contributed by atoms with E-state index in [1.807, 2.05) is 0 Å². The molecule has 1 aromatic heterocycles. The average molecular weight is 580 g/mol. The van der Waals surface area contributed by atoms with Gasteiger partial charge in [0.15, 0.2) is 28.8 Å². The fourth-order valence-electron chi connectivity index (χ4n) is 4.46. The third kappa shape index (κ3) is 5.73. The first-order valence-corrected chi connectivity index (χ1v) is 12.8. The summed E-state index contributed by atoms with van der Waals surface area (Å²) in [6, 6.07) is 11.0. The van der Waals surface area contributed by atoms with Crippen molar-refractivity contribution in [3.8, 4) is 34.5 Å². The second kappa shape index (κ2) is 12.6. The van der Waals surface area contributed by atoms with Crippen LogP contribution in [0.1, 0.15) is 21.5 Å². The molecule has 3 aromatic carbocycles. The largest absolute Gasteiger partial charge is 0.545 e. The molecule has 0 fully saturated rings. The quantitative estimate of drug-likeness (QED) is 0.180. The number of carboxylic acids is 1. The molecule has 0 radical (unpaired) electrons. The number of ether oxygens (including phenoxy) is 6. The summed E-state index contributed by atoms with van der Waals surface area (Å²) in [5.41, 5.74) is 1.55. The highest BCUT2D eigenvalue weighted by Crippen LogP contribution is 2.41. The number of carbonyl (C=O) groups excluding carboxylic acids is 2. The second-order valence-corrected chi connectivity index (χ2v) is 9.09. The first-order valence-electron chi connectivity index (χ1n) is 12.1. The van der Waals surface area contributed by atoms with Crippen LogP contribution in [0.15, 0.2) is 48.0 Å². The van der Waals surface area contributed by atoms with Gasteiger partial charge in [0.2, 0.25) is 11.5 Å². The van der Waals surface area contributed by atoms with Crippen LogP contribution in [0.5, 0.6) is 34.5 Å². The summed E-state index contributed by atoms with van der Waals surface area (Å²) in [7, 11) is 8.67. The van der Waals surface area contributed by atoms with E-state index < -0.39 is 11.8 Å². The van der Waals surface area contributed by atoms with Crippen molar-refractivity contribution in [1.82, 2.24) is 8.75 Å². The Balaban J connectivity index is 1.99. The predicted octanol–water partition coefficient (Wildman–Crippen LogP) is 3.37. The molecule has 0 unspecified atom stereocenters. The number of aromatic nitrogens is 2. The van der Waals surface area contributed by atoms with Gasteiger partial charge in [-0.2, -0.15) is 8.75 Å². The van der Waals surface area contributed by atoms with E-state index in [1.165, 1.54) is 54.8 Å². The first kappa shape index (κ1) is 29.2. The summed E-state index contributed by atoms with van der Waals surface area (Å²) in [5, 5.41) is 12.7.